The second kappa shape index (κ2) is 9.16. The van der Waals surface area contributed by atoms with Crippen molar-refractivity contribution in [2.45, 2.75) is 0 Å². The van der Waals surface area contributed by atoms with Crippen LogP contribution in [0.3, 0.4) is 0 Å². The van der Waals surface area contributed by atoms with Gasteiger partial charge in [-0.3, -0.25) is 19.7 Å². The minimum atomic E-state index is -1.42. The highest BCUT2D eigenvalue weighted by atomic mass is 19.1. The Morgan fingerprint density at radius 2 is 1.93 bits per heavy atom. The Morgan fingerprint density at radius 3 is 2.50 bits per heavy atom. The van der Waals surface area contributed by atoms with Gasteiger partial charge >= 0.3 is 5.69 Å². The van der Waals surface area contributed by atoms with Crippen LogP contribution in [0, 0.1) is 27.3 Å². The number of para-hydroxylation sites is 1. The lowest BCUT2D eigenvalue weighted by Gasteiger charge is -2.17. The first kappa shape index (κ1) is 21.8. The van der Waals surface area contributed by atoms with Gasteiger partial charge in [-0.25, -0.2) is 4.39 Å². The van der Waals surface area contributed by atoms with Gasteiger partial charge in [0.15, 0.2) is 11.4 Å². The molecule has 3 N–H and O–H groups in total. The number of aromatic hydroxyl groups is 1. The number of nitro groups is 1. The third-order valence-electron chi connectivity index (χ3n) is 3.86. The van der Waals surface area contributed by atoms with E-state index in [9.17, 15) is 39.6 Å². The third kappa shape index (κ3) is 4.87. The standard InChI is InChI=1S/C19H15FN4O6/c1-23(10-16(25)22-12-5-3-2-4-6-12)19(28)13(9-21)17(26)11-7-14(20)18(27)15(8-11)24(29)30/h2-8,26-27H,10H2,1H3,(H,22,25)/b17-13-. The molecule has 154 valence electrons. The van der Waals surface area contributed by atoms with Gasteiger partial charge in [0.2, 0.25) is 11.7 Å². The van der Waals surface area contributed by atoms with Crippen LogP contribution < -0.4 is 5.32 Å². The Kier molecular flexibility index (Phi) is 6.66. The van der Waals surface area contributed by atoms with E-state index in [1.54, 1.807) is 30.3 Å². The molecule has 0 aromatic heterocycles. The van der Waals surface area contributed by atoms with Gasteiger partial charge in [-0.2, -0.15) is 5.26 Å². The van der Waals surface area contributed by atoms with Crippen molar-refractivity contribution < 1.29 is 29.1 Å². The number of halogens is 1. The molecule has 2 amide bonds. The van der Waals surface area contributed by atoms with E-state index < -0.39 is 57.4 Å². The molecular formula is C19H15FN4O6. The van der Waals surface area contributed by atoms with Gasteiger partial charge in [0.1, 0.15) is 11.8 Å². The number of nitro benzene ring substituents is 1. The fraction of sp³-hybridized carbons (Fsp3) is 0.105. The van der Waals surface area contributed by atoms with Crippen LogP contribution >= 0.6 is 0 Å². The molecule has 0 heterocycles. The fourth-order valence-corrected chi connectivity index (χ4v) is 2.41. The van der Waals surface area contributed by atoms with Crippen LogP contribution in [0.2, 0.25) is 0 Å². The molecule has 10 nitrogen and oxygen atoms in total. The van der Waals surface area contributed by atoms with Gasteiger partial charge in [-0.15, -0.1) is 0 Å². The second-order valence-electron chi connectivity index (χ2n) is 5.99. The largest absolute Gasteiger partial charge is 0.506 e. The quantitative estimate of drug-likeness (QED) is 0.215. The summed E-state index contributed by atoms with van der Waals surface area (Å²) in [6.45, 7) is -0.476. The highest BCUT2D eigenvalue weighted by Crippen LogP contribution is 2.32. The number of likely N-dealkylation sites (N-methyl/N-ethyl adjacent to an activating group) is 1. The fourth-order valence-electron chi connectivity index (χ4n) is 2.41. The van der Waals surface area contributed by atoms with Crippen molar-refractivity contribution in [1.29, 1.82) is 5.26 Å². The zero-order chi connectivity index (χ0) is 22.4. The maximum absolute atomic E-state index is 13.7. The van der Waals surface area contributed by atoms with Crippen LogP contribution in [0.25, 0.3) is 5.76 Å². The van der Waals surface area contributed by atoms with Crippen LogP contribution in [0.15, 0.2) is 48.0 Å². The molecule has 11 heteroatoms. The Hall–Kier alpha value is -4.46. The topological polar surface area (TPSA) is 157 Å². The SMILES string of the molecule is CN(CC(=O)Nc1ccccc1)C(=O)/C(C#N)=C(\O)c1cc(F)c(O)c([N+](=O)[O-])c1. The van der Waals surface area contributed by atoms with Gasteiger partial charge in [0.05, 0.1) is 11.5 Å². The van der Waals surface area contributed by atoms with Gasteiger partial charge in [-0.05, 0) is 18.2 Å². The smallest absolute Gasteiger partial charge is 0.314 e. The van der Waals surface area contributed by atoms with Crippen molar-refractivity contribution in [2.24, 2.45) is 0 Å². The first-order chi connectivity index (χ1) is 14.1. The monoisotopic (exact) mass is 414 g/mol. The number of nitrogens with zero attached hydrogens (tertiary/aromatic N) is 3. The number of rotatable bonds is 6. The van der Waals surface area contributed by atoms with Crippen LogP contribution in [0.1, 0.15) is 5.56 Å². The van der Waals surface area contributed by atoms with Gasteiger partial charge in [0, 0.05) is 24.4 Å². The summed E-state index contributed by atoms with van der Waals surface area (Å²) in [7, 11) is 1.19. The predicted molar refractivity (Wildman–Crippen MR) is 103 cm³/mol. The number of anilines is 1. The van der Waals surface area contributed by atoms with E-state index in [1.807, 2.05) is 0 Å². The molecule has 0 unspecified atom stereocenters. The number of nitrogens with one attached hydrogen (secondary N) is 1. The molecular weight excluding hydrogens is 399 g/mol. The van der Waals surface area contributed by atoms with E-state index in [2.05, 4.69) is 5.32 Å². The Bertz CT molecular complexity index is 1080. The van der Waals surface area contributed by atoms with Crippen LogP contribution in [0.5, 0.6) is 5.75 Å². The normalized spacial score (nSPS) is 11.1. The molecule has 0 aliphatic rings. The number of nitriles is 1. The van der Waals surface area contributed by atoms with Crippen molar-refractivity contribution in [1.82, 2.24) is 4.90 Å². The van der Waals surface area contributed by atoms with Crippen molar-refractivity contribution in [3.8, 4) is 11.8 Å². The second-order valence-corrected chi connectivity index (χ2v) is 5.99. The number of benzene rings is 2. The number of carbonyl (C=O) groups excluding carboxylic acids is 2. The summed E-state index contributed by atoms with van der Waals surface area (Å²) < 4.78 is 13.7. The minimum Gasteiger partial charge on any atom is -0.506 e. The minimum absolute atomic E-state index is 0.476. The zero-order valence-corrected chi connectivity index (χ0v) is 15.5. The molecule has 2 rings (SSSR count). The van der Waals surface area contributed by atoms with E-state index in [4.69, 9.17) is 0 Å². The van der Waals surface area contributed by atoms with Crippen molar-refractivity contribution in [3.05, 3.63) is 69.5 Å². The Balaban J connectivity index is 2.28. The molecule has 2 aromatic rings. The molecule has 0 radical (unpaired) electrons. The van der Waals surface area contributed by atoms with E-state index in [0.29, 0.717) is 17.8 Å². The van der Waals surface area contributed by atoms with E-state index in [0.717, 1.165) is 4.90 Å². The summed E-state index contributed by atoms with van der Waals surface area (Å²) >= 11 is 0. The first-order valence-electron chi connectivity index (χ1n) is 8.26. The molecule has 30 heavy (non-hydrogen) atoms. The summed E-state index contributed by atoms with van der Waals surface area (Å²) in [4.78, 5) is 35.2. The Labute approximate surface area is 169 Å². The van der Waals surface area contributed by atoms with Gasteiger partial charge in [0.25, 0.3) is 5.91 Å². The number of aliphatic hydroxyl groups excluding tert-OH is 1. The number of carbonyl (C=O) groups is 2. The van der Waals surface area contributed by atoms with Crippen LogP contribution in [-0.2, 0) is 9.59 Å². The van der Waals surface area contributed by atoms with E-state index >= 15 is 0 Å². The first-order valence-corrected chi connectivity index (χ1v) is 8.26. The number of hydrogen-bond acceptors (Lipinski definition) is 7. The summed E-state index contributed by atoms with van der Waals surface area (Å²) in [6, 6.07) is 11.0. The van der Waals surface area contributed by atoms with E-state index in [1.165, 1.54) is 13.1 Å². The number of aliphatic hydroxyl groups is 1. The molecule has 0 bridgehead atoms. The van der Waals surface area contributed by atoms with Crippen molar-refractivity contribution >= 4 is 28.9 Å². The highest BCUT2D eigenvalue weighted by Gasteiger charge is 2.26. The van der Waals surface area contributed by atoms with Crippen molar-refractivity contribution in [3.63, 3.8) is 0 Å². The van der Waals surface area contributed by atoms with Gasteiger partial charge < -0.3 is 20.4 Å². The lowest BCUT2D eigenvalue weighted by atomic mass is 10.1. The molecule has 0 aliphatic heterocycles. The molecule has 0 saturated heterocycles. The molecule has 0 spiro atoms. The Morgan fingerprint density at radius 1 is 1.30 bits per heavy atom. The zero-order valence-electron chi connectivity index (χ0n) is 15.5. The maximum Gasteiger partial charge on any atom is 0.314 e. The molecule has 0 saturated carbocycles. The average Bonchev–Trinajstić information content (AvgIpc) is 2.70. The molecule has 2 aromatic carbocycles. The number of phenols is 1. The lowest BCUT2D eigenvalue weighted by Crippen LogP contribution is -2.35. The van der Waals surface area contributed by atoms with Crippen LogP contribution in [-0.4, -0.2) is 45.4 Å². The number of phenolic OH excluding ortho intramolecular Hbond substituents is 1. The highest BCUT2D eigenvalue weighted by molar-refractivity contribution is 6.05. The maximum atomic E-state index is 13.7. The average molecular weight is 414 g/mol. The molecule has 0 atom stereocenters. The summed E-state index contributed by atoms with van der Waals surface area (Å²) in [6.07, 6.45) is 0. The van der Waals surface area contributed by atoms with Crippen LogP contribution in [0.4, 0.5) is 15.8 Å². The van der Waals surface area contributed by atoms with E-state index in [-0.39, 0.29) is 0 Å². The summed E-state index contributed by atoms with van der Waals surface area (Å²) in [5.74, 6) is -5.38. The number of amides is 2. The molecule has 0 aliphatic carbocycles. The predicted octanol–water partition coefficient (Wildman–Crippen LogP) is 2.33. The van der Waals surface area contributed by atoms with Gasteiger partial charge in [-0.1, -0.05) is 18.2 Å². The summed E-state index contributed by atoms with van der Waals surface area (Å²) in [5, 5.41) is 42.3. The lowest BCUT2D eigenvalue weighted by molar-refractivity contribution is -0.386. The molecule has 0 fully saturated rings. The number of hydrogen-bond donors (Lipinski definition) is 3. The van der Waals surface area contributed by atoms with Crippen molar-refractivity contribution in [2.75, 3.05) is 18.9 Å². The summed E-state index contributed by atoms with van der Waals surface area (Å²) in [5.41, 5.74) is -2.01. The third-order valence-corrected chi connectivity index (χ3v) is 3.86.